The van der Waals surface area contributed by atoms with E-state index >= 15 is 0 Å². The summed E-state index contributed by atoms with van der Waals surface area (Å²) in [6.45, 7) is 4.96. The topological polar surface area (TPSA) is 37.8 Å². The standard InChI is InChI=1S/C8H12BrN3/c1-3-7-11-6(9)5-8(12-7)10-4-2/h5H,3-4H2,1-2H3,(H,10,11,12). The summed E-state index contributed by atoms with van der Waals surface area (Å²) in [7, 11) is 0. The highest BCUT2D eigenvalue weighted by Crippen LogP contribution is 2.12. The second-order valence-corrected chi connectivity index (χ2v) is 3.19. The Morgan fingerprint density at radius 1 is 1.42 bits per heavy atom. The van der Waals surface area contributed by atoms with Gasteiger partial charge in [0.1, 0.15) is 16.2 Å². The van der Waals surface area contributed by atoms with Crippen LogP contribution >= 0.6 is 15.9 Å². The predicted molar refractivity (Wildman–Crippen MR) is 53.3 cm³/mol. The molecule has 1 N–H and O–H groups in total. The van der Waals surface area contributed by atoms with Crippen molar-refractivity contribution in [1.29, 1.82) is 0 Å². The molecular weight excluding hydrogens is 218 g/mol. The molecule has 0 aliphatic heterocycles. The minimum absolute atomic E-state index is 0.838. The molecule has 4 heteroatoms. The molecule has 0 aliphatic carbocycles. The van der Waals surface area contributed by atoms with Crippen LogP contribution in [0.25, 0.3) is 0 Å². The first kappa shape index (κ1) is 9.45. The van der Waals surface area contributed by atoms with Gasteiger partial charge in [0.2, 0.25) is 0 Å². The van der Waals surface area contributed by atoms with Crippen molar-refractivity contribution in [2.24, 2.45) is 0 Å². The molecule has 0 atom stereocenters. The molecule has 1 aromatic heterocycles. The normalized spacial score (nSPS) is 9.92. The Kier molecular flexibility index (Phi) is 3.47. The van der Waals surface area contributed by atoms with Crippen molar-refractivity contribution in [3.8, 4) is 0 Å². The monoisotopic (exact) mass is 229 g/mol. The molecule has 0 aromatic carbocycles. The summed E-state index contributed by atoms with van der Waals surface area (Å²) >= 11 is 3.33. The molecule has 0 fully saturated rings. The van der Waals surface area contributed by atoms with Gasteiger partial charge in [-0.25, -0.2) is 9.97 Å². The third-order valence-corrected chi connectivity index (χ3v) is 1.82. The average Bonchev–Trinajstić information content (AvgIpc) is 2.04. The molecule has 66 valence electrons. The Bertz CT molecular complexity index is 262. The predicted octanol–water partition coefficient (Wildman–Crippen LogP) is 2.23. The molecule has 1 heterocycles. The van der Waals surface area contributed by atoms with Crippen LogP contribution in [0, 0.1) is 0 Å². The van der Waals surface area contributed by atoms with E-state index in [1.54, 1.807) is 0 Å². The van der Waals surface area contributed by atoms with Gasteiger partial charge in [-0.05, 0) is 22.9 Å². The zero-order chi connectivity index (χ0) is 8.97. The number of aryl methyl sites for hydroxylation is 1. The number of halogens is 1. The van der Waals surface area contributed by atoms with Gasteiger partial charge in [-0.2, -0.15) is 0 Å². The maximum atomic E-state index is 4.29. The van der Waals surface area contributed by atoms with Gasteiger partial charge in [0.05, 0.1) is 0 Å². The van der Waals surface area contributed by atoms with Crippen LogP contribution in [0.4, 0.5) is 5.82 Å². The van der Waals surface area contributed by atoms with Crippen molar-refractivity contribution in [3.05, 3.63) is 16.5 Å². The van der Waals surface area contributed by atoms with Crippen LogP contribution in [0.3, 0.4) is 0 Å². The van der Waals surface area contributed by atoms with Gasteiger partial charge in [-0.1, -0.05) is 6.92 Å². The third-order valence-electron chi connectivity index (χ3n) is 1.42. The van der Waals surface area contributed by atoms with Crippen LogP contribution in [-0.2, 0) is 6.42 Å². The number of rotatable bonds is 3. The molecule has 0 saturated heterocycles. The first-order valence-corrected chi connectivity index (χ1v) is 4.83. The Morgan fingerprint density at radius 2 is 2.17 bits per heavy atom. The van der Waals surface area contributed by atoms with E-state index in [0.29, 0.717) is 0 Å². The first-order chi connectivity index (χ1) is 5.76. The van der Waals surface area contributed by atoms with Gasteiger partial charge >= 0.3 is 0 Å². The lowest BCUT2D eigenvalue weighted by Gasteiger charge is -2.03. The lowest BCUT2D eigenvalue weighted by molar-refractivity contribution is 0.925. The fraction of sp³-hybridized carbons (Fsp3) is 0.500. The van der Waals surface area contributed by atoms with E-state index in [1.807, 2.05) is 19.9 Å². The molecule has 1 aromatic rings. The Hall–Kier alpha value is -0.640. The van der Waals surface area contributed by atoms with E-state index in [0.717, 1.165) is 29.2 Å². The third kappa shape index (κ3) is 2.44. The van der Waals surface area contributed by atoms with Gasteiger partial charge in [0.25, 0.3) is 0 Å². The van der Waals surface area contributed by atoms with Crippen molar-refractivity contribution in [2.75, 3.05) is 11.9 Å². The van der Waals surface area contributed by atoms with E-state index in [2.05, 4.69) is 31.2 Å². The second kappa shape index (κ2) is 4.40. The number of nitrogens with one attached hydrogen (secondary N) is 1. The SMILES string of the molecule is CCNc1cc(Br)nc(CC)n1. The summed E-state index contributed by atoms with van der Waals surface area (Å²) in [5.41, 5.74) is 0. The molecule has 0 bridgehead atoms. The number of anilines is 1. The van der Waals surface area contributed by atoms with Crippen LogP contribution in [0.2, 0.25) is 0 Å². The fourth-order valence-corrected chi connectivity index (χ4v) is 1.32. The van der Waals surface area contributed by atoms with Gasteiger partial charge in [-0.3, -0.25) is 0 Å². The van der Waals surface area contributed by atoms with Crippen LogP contribution in [0.5, 0.6) is 0 Å². The maximum Gasteiger partial charge on any atom is 0.131 e. The number of hydrogen-bond acceptors (Lipinski definition) is 3. The van der Waals surface area contributed by atoms with Crippen molar-refractivity contribution in [1.82, 2.24) is 9.97 Å². The molecule has 0 spiro atoms. The summed E-state index contributed by atoms with van der Waals surface area (Å²) in [5.74, 6) is 1.75. The van der Waals surface area contributed by atoms with Gasteiger partial charge in [0, 0.05) is 19.0 Å². The molecule has 12 heavy (non-hydrogen) atoms. The molecule has 0 saturated carbocycles. The first-order valence-electron chi connectivity index (χ1n) is 4.03. The van der Waals surface area contributed by atoms with Crippen molar-refractivity contribution < 1.29 is 0 Å². The Labute approximate surface area is 80.7 Å². The van der Waals surface area contributed by atoms with Gasteiger partial charge in [0.15, 0.2) is 0 Å². The highest BCUT2D eigenvalue weighted by atomic mass is 79.9. The number of hydrogen-bond donors (Lipinski definition) is 1. The maximum absolute atomic E-state index is 4.29. The molecule has 0 amide bonds. The Morgan fingerprint density at radius 3 is 2.75 bits per heavy atom. The fourth-order valence-electron chi connectivity index (χ4n) is 0.894. The summed E-state index contributed by atoms with van der Waals surface area (Å²) in [4.78, 5) is 8.49. The zero-order valence-electron chi connectivity index (χ0n) is 7.26. The second-order valence-electron chi connectivity index (χ2n) is 2.38. The highest BCUT2D eigenvalue weighted by Gasteiger charge is 1.99. The number of aromatic nitrogens is 2. The summed E-state index contributed by atoms with van der Waals surface area (Å²) < 4.78 is 0.838. The van der Waals surface area contributed by atoms with Crippen molar-refractivity contribution in [2.45, 2.75) is 20.3 Å². The van der Waals surface area contributed by atoms with E-state index in [4.69, 9.17) is 0 Å². The van der Waals surface area contributed by atoms with E-state index in [9.17, 15) is 0 Å². The van der Waals surface area contributed by atoms with Gasteiger partial charge < -0.3 is 5.32 Å². The van der Waals surface area contributed by atoms with E-state index in [1.165, 1.54) is 0 Å². The van der Waals surface area contributed by atoms with Crippen LogP contribution in [0.1, 0.15) is 19.7 Å². The summed E-state index contributed by atoms with van der Waals surface area (Å²) in [6.07, 6.45) is 0.859. The lowest BCUT2D eigenvalue weighted by atomic mass is 10.4. The minimum atomic E-state index is 0.838. The quantitative estimate of drug-likeness (QED) is 0.809. The summed E-state index contributed by atoms with van der Waals surface area (Å²) in [5, 5.41) is 3.14. The number of nitrogens with zero attached hydrogens (tertiary/aromatic N) is 2. The van der Waals surface area contributed by atoms with E-state index in [-0.39, 0.29) is 0 Å². The highest BCUT2D eigenvalue weighted by molar-refractivity contribution is 9.10. The molecule has 0 aliphatic rings. The van der Waals surface area contributed by atoms with E-state index < -0.39 is 0 Å². The molecule has 0 unspecified atom stereocenters. The molecule has 0 radical (unpaired) electrons. The minimum Gasteiger partial charge on any atom is -0.370 e. The van der Waals surface area contributed by atoms with Crippen LogP contribution < -0.4 is 5.32 Å². The average molecular weight is 230 g/mol. The lowest BCUT2D eigenvalue weighted by Crippen LogP contribution is -2.02. The molecule has 3 nitrogen and oxygen atoms in total. The van der Waals surface area contributed by atoms with Crippen LogP contribution in [0.15, 0.2) is 10.7 Å². The van der Waals surface area contributed by atoms with Crippen molar-refractivity contribution in [3.63, 3.8) is 0 Å². The Balaban J connectivity index is 2.90. The van der Waals surface area contributed by atoms with Gasteiger partial charge in [-0.15, -0.1) is 0 Å². The smallest absolute Gasteiger partial charge is 0.131 e. The van der Waals surface area contributed by atoms with Crippen LogP contribution in [-0.4, -0.2) is 16.5 Å². The molecular formula is C8H12BrN3. The van der Waals surface area contributed by atoms with Crippen molar-refractivity contribution >= 4 is 21.7 Å². The molecule has 1 rings (SSSR count). The zero-order valence-corrected chi connectivity index (χ0v) is 8.85. The largest absolute Gasteiger partial charge is 0.370 e. The summed E-state index contributed by atoms with van der Waals surface area (Å²) in [6, 6.07) is 1.88.